The van der Waals surface area contributed by atoms with Gasteiger partial charge in [-0.2, -0.15) is 5.10 Å². The van der Waals surface area contributed by atoms with Crippen molar-refractivity contribution < 1.29 is 9.18 Å². The van der Waals surface area contributed by atoms with Gasteiger partial charge in [0.15, 0.2) is 0 Å². The average Bonchev–Trinajstić information content (AvgIpc) is 2.69. The molecule has 0 aliphatic carbocycles. The largest absolute Gasteiger partial charge is 0.396 e. The maximum Gasteiger partial charge on any atom is 0.246 e. The lowest BCUT2D eigenvalue weighted by atomic mass is 10.3. The van der Waals surface area contributed by atoms with Crippen LogP contribution in [0.3, 0.4) is 0 Å². The lowest BCUT2D eigenvalue weighted by Gasteiger charge is -2.07. The molecular weight excluding hydrogens is 259 g/mol. The van der Waals surface area contributed by atoms with Gasteiger partial charge in [-0.1, -0.05) is 11.6 Å². The SMILES string of the molecule is Nc1cnn(CC(=O)Nc2cc(F)ccc2Cl)c1. The molecule has 18 heavy (non-hydrogen) atoms. The summed E-state index contributed by atoms with van der Waals surface area (Å²) in [6.07, 6.45) is 2.95. The number of rotatable bonds is 3. The van der Waals surface area contributed by atoms with E-state index in [1.54, 1.807) is 0 Å². The zero-order valence-corrected chi connectivity index (χ0v) is 9.99. The zero-order chi connectivity index (χ0) is 13.1. The summed E-state index contributed by atoms with van der Waals surface area (Å²) in [6.45, 7) is -0.0238. The summed E-state index contributed by atoms with van der Waals surface area (Å²) in [5.74, 6) is -0.844. The Bertz CT molecular complexity index is 584. The molecule has 0 radical (unpaired) electrons. The van der Waals surface area contributed by atoms with Crippen molar-refractivity contribution in [3.8, 4) is 0 Å². The zero-order valence-electron chi connectivity index (χ0n) is 9.23. The fourth-order valence-corrected chi connectivity index (χ4v) is 1.56. The molecule has 1 aromatic carbocycles. The predicted molar refractivity (Wildman–Crippen MR) is 66.7 cm³/mol. The molecule has 2 rings (SSSR count). The third-order valence-electron chi connectivity index (χ3n) is 2.16. The highest BCUT2D eigenvalue weighted by Crippen LogP contribution is 2.22. The van der Waals surface area contributed by atoms with Crippen LogP contribution in [0.1, 0.15) is 0 Å². The van der Waals surface area contributed by atoms with E-state index in [2.05, 4.69) is 10.4 Å². The summed E-state index contributed by atoms with van der Waals surface area (Å²) < 4.78 is 14.4. The molecule has 0 aliphatic rings. The lowest BCUT2D eigenvalue weighted by molar-refractivity contribution is -0.116. The van der Waals surface area contributed by atoms with Crippen LogP contribution in [-0.2, 0) is 11.3 Å². The van der Waals surface area contributed by atoms with E-state index in [0.29, 0.717) is 5.69 Å². The molecule has 0 unspecified atom stereocenters. The van der Waals surface area contributed by atoms with Crippen molar-refractivity contribution in [1.82, 2.24) is 9.78 Å². The van der Waals surface area contributed by atoms with Crippen LogP contribution < -0.4 is 11.1 Å². The van der Waals surface area contributed by atoms with Crippen molar-refractivity contribution in [1.29, 1.82) is 0 Å². The third kappa shape index (κ3) is 2.98. The molecule has 0 aliphatic heterocycles. The van der Waals surface area contributed by atoms with Crippen molar-refractivity contribution in [2.24, 2.45) is 0 Å². The minimum atomic E-state index is -0.474. The molecule has 0 saturated carbocycles. The number of aromatic nitrogens is 2. The Kier molecular flexibility index (Phi) is 3.47. The fraction of sp³-hybridized carbons (Fsp3) is 0.0909. The summed E-state index contributed by atoms with van der Waals surface area (Å²) in [6, 6.07) is 3.74. The molecule has 7 heteroatoms. The van der Waals surface area contributed by atoms with Crippen molar-refractivity contribution in [3.05, 3.63) is 41.4 Å². The summed E-state index contributed by atoms with van der Waals surface area (Å²) in [5.41, 5.74) is 6.15. The van der Waals surface area contributed by atoms with Crippen molar-refractivity contribution >= 4 is 28.9 Å². The molecule has 1 heterocycles. The Labute approximate surface area is 107 Å². The van der Waals surface area contributed by atoms with Crippen LogP contribution in [0.2, 0.25) is 5.02 Å². The third-order valence-corrected chi connectivity index (χ3v) is 2.49. The maximum absolute atomic E-state index is 13.0. The van der Waals surface area contributed by atoms with Crippen LogP contribution in [0.25, 0.3) is 0 Å². The van der Waals surface area contributed by atoms with Gasteiger partial charge in [-0.25, -0.2) is 4.39 Å². The van der Waals surface area contributed by atoms with Gasteiger partial charge in [0.05, 0.1) is 22.6 Å². The number of nitrogens with one attached hydrogen (secondary N) is 1. The molecule has 3 N–H and O–H groups in total. The smallest absolute Gasteiger partial charge is 0.246 e. The van der Waals surface area contributed by atoms with Gasteiger partial charge < -0.3 is 11.1 Å². The Morgan fingerprint density at radius 3 is 3.00 bits per heavy atom. The summed E-state index contributed by atoms with van der Waals surface area (Å²) in [4.78, 5) is 11.7. The van der Waals surface area contributed by atoms with Crippen molar-refractivity contribution in [2.45, 2.75) is 6.54 Å². The first kappa shape index (κ1) is 12.4. The number of nitrogens with two attached hydrogens (primary N) is 1. The molecular formula is C11H10ClFN4O. The molecule has 0 atom stereocenters. The van der Waals surface area contributed by atoms with Crippen LogP contribution in [0, 0.1) is 5.82 Å². The number of benzene rings is 1. The van der Waals surface area contributed by atoms with Crippen LogP contribution in [0.5, 0.6) is 0 Å². The number of hydrogen-bond acceptors (Lipinski definition) is 3. The Morgan fingerprint density at radius 2 is 2.33 bits per heavy atom. The van der Waals surface area contributed by atoms with Gasteiger partial charge in [0.1, 0.15) is 12.4 Å². The van der Waals surface area contributed by atoms with Crippen LogP contribution >= 0.6 is 11.6 Å². The van der Waals surface area contributed by atoms with Crippen molar-refractivity contribution in [3.63, 3.8) is 0 Å². The highest BCUT2D eigenvalue weighted by atomic mass is 35.5. The molecule has 2 aromatic rings. The summed E-state index contributed by atoms with van der Waals surface area (Å²) in [7, 11) is 0. The van der Waals surface area contributed by atoms with Gasteiger partial charge in [0.25, 0.3) is 0 Å². The number of anilines is 2. The van der Waals surface area contributed by atoms with E-state index in [1.807, 2.05) is 0 Å². The molecule has 0 fully saturated rings. The van der Waals surface area contributed by atoms with E-state index in [4.69, 9.17) is 17.3 Å². The van der Waals surface area contributed by atoms with E-state index < -0.39 is 5.82 Å². The second-order valence-electron chi connectivity index (χ2n) is 3.64. The van der Waals surface area contributed by atoms with Gasteiger partial charge in [0.2, 0.25) is 5.91 Å². The first-order chi connectivity index (χ1) is 8.54. The van der Waals surface area contributed by atoms with Crippen LogP contribution in [-0.4, -0.2) is 15.7 Å². The normalized spacial score (nSPS) is 10.3. The Morgan fingerprint density at radius 1 is 1.56 bits per heavy atom. The van der Waals surface area contributed by atoms with Gasteiger partial charge in [-0.05, 0) is 18.2 Å². The lowest BCUT2D eigenvalue weighted by Crippen LogP contribution is -2.19. The van der Waals surface area contributed by atoms with E-state index >= 15 is 0 Å². The average molecular weight is 269 g/mol. The summed E-state index contributed by atoms with van der Waals surface area (Å²) >= 11 is 5.82. The van der Waals surface area contributed by atoms with Crippen LogP contribution in [0.15, 0.2) is 30.6 Å². The van der Waals surface area contributed by atoms with Crippen molar-refractivity contribution in [2.75, 3.05) is 11.1 Å². The van der Waals surface area contributed by atoms with E-state index in [1.165, 1.54) is 29.2 Å². The van der Waals surface area contributed by atoms with Gasteiger partial charge >= 0.3 is 0 Å². The topological polar surface area (TPSA) is 72.9 Å². The van der Waals surface area contributed by atoms with Gasteiger partial charge in [0, 0.05) is 6.20 Å². The minimum Gasteiger partial charge on any atom is -0.396 e. The van der Waals surface area contributed by atoms with E-state index in [0.717, 1.165) is 6.07 Å². The Hall–Kier alpha value is -2.08. The number of nitrogen functional groups attached to an aromatic ring is 1. The first-order valence-corrected chi connectivity index (χ1v) is 5.45. The molecule has 1 amide bonds. The first-order valence-electron chi connectivity index (χ1n) is 5.07. The maximum atomic E-state index is 13.0. The monoisotopic (exact) mass is 268 g/mol. The second kappa shape index (κ2) is 5.05. The predicted octanol–water partition coefficient (Wildman–Crippen LogP) is 1.90. The minimum absolute atomic E-state index is 0.0238. The number of carbonyl (C=O) groups is 1. The fourth-order valence-electron chi connectivity index (χ4n) is 1.40. The number of nitrogens with zero attached hydrogens (tertiary/aromatic N) is 2. The van der Waals surface area contributed by atoms with E-state index in [9.17, 15) is 9.18 Å². The van der Waals surface area contributed by atoms with Crippen LogP contribution in [0.4, 0.5) is 15.8 Å². The van der Waals surface area contributed by atoms with Gasteiger partial charge in [-0.15, -0.1) is 0 Å². The standard InChI is InChI=1S/C11H10ClFN4O/c12-9-2-1-7(13)3-10(9)16-11(18)6-17-5-8(14)4-15-17/h1-5H,6,14H2,(H,16,18). The molecule has 0 saturated heterocycles. The number of halogens is 2. The molecule has 5 nitrogen and oxygen atoms in total. The molecule has 0 bridgehead atoms. The molecule has 0 spiro atoms. The number of hydrogen-bond donors (Lipinski definition) is 2. The number of amides is 1. The Balaban J connectivity index is 2.05. The quantitative estimate of drug-likeness (QED) is 0.893. The molecule has 1 aromatic heterocycles. The number of carbonyl (C=O) groups excluding carboxylic acids is 1. The molecule has 94 valence electrons. The highest BCUT2D eigenvalue weighted by molar-refractivity contribution is 6.33. The highest BCUT2D eigenvalue weighted by Gasteiger charge is 2.08. The summed E-state index contributed by atoms with van der Waals surface area (Å²) in [5, 5.41) is 6.63. The second-order valence-corrected chi connectivity index (χ2v) is 4.05. The van der Waals surface area contributed by atoms with E-state index in [-0.39, 0.29) is 23.2 Å². The van der Waals surface area contributed by atoms with Gasteiger partial charge in [-0.3, -0.25) is 9.48 Å².